The fraction of sp³-hybridized carbons (Fsp3) is 0.583. The first kappa shape index (κ1) is 13.3. The molecule has 0 bridgehead atoms. The van der Waals surface area contributed by atoms with Gasteiger partial charge in [-0.1, -0.05) is 24.9 Å². The molecular formula is C12H20ClN3. The Balaban J connectivity index is 2.45. The molecule has 0 saturated heterocycles. The van der Waals surface area contributed by atoms with E-state index in [0.717, 1.165) is 25.3 Å². The number of hydrogen-bond donors (Lipinski definition) is 2. The predicted octanol–water partition coefficient (Wildman–Crippen LogP) is 2.91. The third kappa shape index (κ3) is 4.37. The lowest BCUT2D eigenvalue weighted by atomic mass is 10.00. The van der Waals surface area contributed by atoms with E-state index in [1.807, 2.05) is 12.1 Å². The Morgan fingerprint density at radius 1 is 1.50 bits per heavy atom. The molecule has 1 aromatic heterocycles. The summed E-state index contributed by atoms with van der Waals surface area (Å²) in [6.07, 6.45) is 5.16. The van der Waals surface area contributed by atoms with Crippen molar-refractivity contribution in [2.24, 2.45) is 11.7 Å². The van der Waals surface area contributed by atoms with E-state index in [0.29, 0.717) is 10.9 Å². The highest BCUT2D eigenvalue weighted by Gasteiger charge is 2.08. The molecule has 16 heavy (non-hydrogen) atoms. The van der Waals surface area contributed by atoms with E-state index in [4.69, 9.17) is 17.3 Å². The molecule has 0 radical (unpaired) electrons. The zero-order valence-electron chi connectivity index (χ0n) is 9.75. The van der Waals surface area contributed by atoms with Crippen LogP contribution in [0.5, 0.6) is 0 Å². The van der Waals surface area contributed by atoms with Gasteiger partial charge in [0.2, 0.25) is 0 Å². The number of halogens is 1. The second-order valence-electron chi connectivity index (χ2n) is 3.95. The van der Waals surface area contributed by atoms with Crippen LogP contribution in [0.1, 0.15) is 26.2 Å². The van der Waals surface area contributed by atoms with E-state index >= 15 is 0 Å². The predicted molar refractivity (Wildman–Crippen MR) is 69.8 cm³/mol. The topological polar surface area (TPSA) is 50.9 Å². The molecule has 4 heteroatoms. The minimum atomic E-state index is 0.605. The summed E-state index contributed by atoms with van der Waals surface area (Å²) < 4.78 is 0. The molecule has 0 saturated carbocycles. The van der Waals surface area contributed by atoms with Gasteiger partial charge in [0.1, 0.15) is 5.82 Å². The number of anilines is 1. The van der Waals surface area contributed by atoms with E-state index in [-0.39, 0.29) is 0 Å². The van der Waals surface area contributed by atoms with Crippen molar-refractivity contribution in [1.29, 1.82) is 0 Å². The SMILES string of the molecule is CCCC(CCN)CNc1ncccc1Cl. The van der Waals surface area contributed by atoms with Crippen LogP contribution in [0.3, 0.4) is 0 Å². The Labute approximate surface area is 102 Å². The van der Waals surface area contributed by atoms with Gasteiger partial charge in [-0.3, -0.25) is 0 Å². The van der Waals surface area contributed by atoms with Crippen LogP contribution in [0.15, 0.2) is 18.3 Å². The number of nitrogens with zero attached hydrogens (tertiary/aromatic N) is 1. The molecular weight excluding hydrogens is 222 g/mol. The second-order valence-corrected chi connectivity index (χ2v) is 4.35. The van der Waals surface area contributed by atoms with Gasteiger partial charge in [-0.05, 0) is 37.4 Å². The normalized spacial score (nSPS) is 12.4. The molecule has 0 aliphatic carbocycles. The van der Waals surface area contributed by atoms with Gasteiger partial charge < -0.3 is 11.1 Å². The molecule has 3 nitrogen and oxygen atoms in total. The summed E-state index contributed by atoms with van der Waals surface area (Å²) in [5, 5.41) is 3.96. The van der Waals surface area contributed by atoms with Gasteiger partial charge in [0.15, 0.2) is 0 Å². The van der Waals surface area contributed by atoms with Gasteiger partial charge in [-0.2, -0.15) is 0 Å². The molecule has 1 unspecified atom stereocenters. The van der Waals surface area contributed by atoms with E-state index in [1.54, 1.807) is 6.20 Å². The Morgan fingerprint density at radius 3 is 2.94 bits per heavy atom. The van der Waals surface area contributed by atoms with Crippen LogP contribution in [-0.2, 0) is 0 Å². The van der Waals surface area contributed by atoms with Gasteiger partial charge in [0, 0.05) is 12.7 Å². The Hall–Kier alpha value is -0.800. The summed E-state index contributed by atoms with van der Waals surface area (Å²) in [7, 11) is 0. The second kappa shape index (κ2) is 7.47. The van der Waals surface area contributed by atoms with Crippen molar-refractivity contribution in [3.05, 3.63) is 23.4 Å². The first-order valence-corrected chi connectivity index (χ1v) is 6.20. The van der Waals surface area contributed by atoms with Gasteiger partial charge in [-0.25, -0.2) is 4.98 Å². The Kier molecular flexibility index (Phi) is 6.19. The van der Waals surface area contributed by atoms with Crippen LogP contribution >= 0.6 is 11.6 Å². The highest BCUT2D eigenvalue weighted by Crippen LogP contribution is 2.19. The smallest absolute Gasteiger partial charge is 0.144 e. The summed E-state index contributed by atoms with van der Waals surface area (Å²) in [5.74, 6) is 1.37. The van der Waals surface area contributed by atoms with Gasteiger partial charge >= 0.3 is 0 Å². The molecule has 0 amide bonds. The number of nitrogens with two attached hydrogens (primary N) is 1. The number of nitrogens with one attached hydrogen (secondary N) is 1. The fourth-order valence-electron chi connectivity index (χ4n) is 1.75. The maximum absolute atomic E-state index is 6.01. The number of rotatable bonds is 7. The zero-order valence-corrected chi connectivity index (χ0v) is 10.5. The summed E-state index contributed by atoms with van der Waals surface area (Å²) in [6.45, 7) is 3.82. The molecule has 0 aliphatic heterocycles. The lowest BCUT2D eigenvalue weighted by Gasteiger charge is -2.16. The van der Waals surface area contributed by atoms with Crippen molar-refractivity contribution < 1.29 is 0 Å². The van der Waals surface area contributed by atoms with Crippen LogP contribution in [0.4, 0.5) is 5.82 Å². The largest absolute Gasteiger partial charge is 0.369 e. The summed E-state index contributed by atoms with van der Waals surface area (Å²) >= 11 is 6.01. The van der Waals surface area contributed by atoms with Crippen molar-refractivity contribution >= 4 is 17.4 Å². The Morgan fingerprint density at radius 2 is 2.31 bits per heavy atom. The molecule has 90 valence electrons. The quantitative estimate of drug-likeness (QED) is 0.772. The van der Waals surface area contributed by atoms with E-state index in [1.165, 1.54) is 12.8 Å². The molecule has 1 atom stereocenters. The van der Waals surface area contributed by atoms with Crippen molar-refractivity contribution in [3.8, 4) is 0 Å². The fourth-order valence-corrected chi connectivity index (χ4v) is 1.94. The van der Waals surface area contributed by atoms with Crippen LogP contribution in [0.2, 0.25) is 5.02 Å². The lowest BCUT2D eigenvalue weighted by molar-refractivity contribution is 0.473. The van der Waals surface area contributed by atoms with Crippen molar-refractivity contribution in [1.82, 2.24) is 4.98 Å². The lowest BCUT2D eigenvalue weighted by Crippen LogP contribution is -2.18. The molecule has 0 spiro atoms. The van der Waals surface area contributed by atoms with Crippen LogP contribution in [0, 0.1) is 5.92 Å². The molecule has 0 fully saturated rings. The molecule has 0 aliphatic rings. The first-order valence-electron chi connectivity index (χ1n) is 5.82. The average Bonchev–Trinajstić information content (AvgIpc) is 2.28. The molecule has 3 N–H and O–H groups in total. The maximum Gasteiger partial charge on any atom is 0.144 e. The van der Waals surface area contributed by atoms with Crippen molar-refractivity contribution in [2.45, 2.75) is 26.2 Å². The molecule has 0 aromatic carbocycles. The Bertz CT molecular complexity index is 298. The van der Waals surface area contributed by atoms with E-state index in [2.05, 4.69) is 17.2 Å². The summed E-state index contributed by atoms with van der Waals surface area (Å²) in [6, 6.07) is 3.67. The highest BCUT2D eigenvalue weighted by molar-refractivity contribution is 6.32. The van der Waals surface area contributed by atoms with Crippen LogP contribution in [0.25, 0.3) is 0 Å². The minimum absolute atomic E-state index is 0.605. The van der Waals surface area contributed by atoms with Gasteiger partial charge in [-0.15, -0.1) is 0 Å². The van der Waals surface area contributed by atoms with Crippen molar-refractivity contribution in [3.63, 3.8) is 0 Å². The molecule has 1 rings (SSSR count). The molecule has 1 aromatic rings. The third-order valence-corrected chi connectivity index (χ3v) is 2.89. The minimum Gasteiger partial charge on any atom is -0.369 e. The number of aromatic nitrogens is 1. The van der Waals surface area contributed by atoms with Gasteiger partial charge in [0.05, 0.1) is 5.02 Å². The highest BCUT2D eigenvalue weighted by atomic mass is 35.5. The monoisotopic (exact) mass is 241 g/mol. The van der Waals surface area contributed by atoms with Gasteiger partial charge in [0.25, 0.3) is 0 Å². The first-order chi connectivity index (χ1) is 7.77. The van der Waals surface area contributed by atoms with E-state index < -0.39 is 0 Å². The molecule has 1 heterocycles. The number of pyridine rings is 1. The van der Waals surface area contributed by atoms with Crippen molar-refractivity contribution in [2.75, 3.05) is 18.4 Å². The third-order valence-electron chi connectivity index (χ3n) is 2.59. The number of hydrogen-bond acceptors (Lipinski definition) is 3. The van der Waals surface area contributed by atoms with Crippen LogP contribution in [-0.4, -0.2) is 18.1 Å². The standard InChI is InChI=1S/C12H20ClN3/c1-2-4-10(6-7-14)9-16-12-11(13)5-3-8-15-12/h3,5,8,10H,2,4,6-7,9,14H2,1H3,(H,15,16). The average molecular weight is 242 g/mol. The van der Waals surface area contributed by atoms with E-state index in [9.17, 15) is 0 Å². The summed E-state index contributed by atoms with van der Waals surface area (Å²) in [4.78, 5) is 4.20. The zero-order chi connectivity index (χ0) is 11.8. The summed E-state index contributed by atoms with van der Waals surface area (Å²) in [5.41, 5.74) is 5.59. The van der Waals surface area contributed by atoms with Crippen LogP contribution < -0.4 is 11.1 Å². The maximum atomic E-state index is 6.01.